The summed E-state index contributed by atoms with van der Waals surface area (Å²) in [5.74, 6) is 1.12. The summed E-state index contributed by atoms with van der Waals surface area (Å²) in [6.45, 7) is 3.50. The number of nitrogens with zero attached hydrogens (tertiary/aromatic N) is 2. The maximum Gasteiger partial charge on any atom is 0.122 e. The molecule has 3 rings (SSSR count). The van der Waals surface area contributed by atoms with Gasteiger partial charge in [0.25, 0.3) is 0 Å². The van der Waals surface area contributed by atoms with Crippen molar-refractivity contribution in [3.63, 3.8) is 0 Å². The van der Waals surface area contributed by atoms with Crippen LogP contribution in [0.3, 0.4) is 0 Å². The number of halogens is 1. The Morgan fingerprint density at radius 2 is 2.32 bits per heavy atom. The van der Waals surface area contributed by atoms with E-state index in [4.69, 9.17) is 10.5 Å². The van der Waals surface area contributed by atoms with Gasteiger partial charge in [0.1, 0.15) is 5.75 Å². The van der Waals surface area contributed by atoms with Crippen LogP contribution in [0.1, 0.15) is 30.1 Å². The van der Waals surface area contributed by atoms with E-state index in [1.807, 2.05) is 22.9 Å². The minimum absolute atomic E-state index is 0.125. The Bertz CT molecular complexity index is 596. The molecule has 100 valence electrons. The van der Waals surface area contributed by atoms with Crippen LogP contribution in [0.15, 0.2) is 34.9 Å². The van der Waals surface area contributed by atoms with Crippen molar-refractivity contribution in [3.05, 3.63) is 46.2 Å². The smallest absolute Gasteiger partial charge is 0.122 e. The molecule has 5 heteroatoms. The van der Waals surface area contributed by atoms with E-state index in [0.717, 1.165) is 22.5 Å². The third-order valence-electron chi connectivity index (χ3n) is 3.62. The molecule has 2 aromatic rings. The lowest BCUT2D eigenvalue weighted by Gasteiger charge is -2.20. The first-order chi connectivity index (χ1) is 9.22. The lowest BCUT2D eigenvalue weighted by molar-refractivity contribution is 0.311. The Kier molecular flexibility index (Phi) is 3.33. The number of benzene rings is 1. The number of aromatic nitrogens is 2. The van der Waals surface area contributed by atoms with Crippen molar-refractivity contribution >= 4 is 15.9 Å². The van der Waals surface area contributed by atoms with Crippen LogP contribution in [0, 0.1) is 0 Å². The zero-order valence-corrected chi connectivity index (χ0v) is 12.3. The van der Waals surface area contributed by atoms with Crippen LogP contribution in [-0.2, 0) is 6.54 Å². The molecule has 19 heavy (non-hydrogen) atoms. The second-order valence-electron chi connectivity index (χ2n) is 4.67. The number of rotatable bonds is 3. The van der Waals surface area contributed by atoms with Gasteiger partial charge in [-0.15, -0.1) is 0 Å². The average Bonchev–Trinajstić information content (AvgIpc) is 3.01. The van der Waals surface area contributed by atoms with Gasteiger partial charge in [-0.05, 0) is 28.9 Å². The van der Waals surface area contributed by atoms with Crippen molar-refractivity contribution in [1.82, 2.24) is 9.78 Å². The van der Waals surface area contributed by atoms with Gasteiger partial charge >= 0.3 is 0 Å². The summed E-state index contributed by atoms with van der Waals surface area (Å²) in [7, 11) is 0. The van der Waals surface area contributed by atoms with Gasteiger partial charge in [-0.3, -0.25) is 4.68 Å². The van der Waals surface area contributed by atoms with Crippen molar-refractivity contribution in [2.45, 2.75) is 25.4 Å². The second-order valence-corrected chi connectivity index (χ2v) is 5.53. The summed E-state index contributed by atoms with van der Waals surface area (Å²) < 4.78 is 8.62. The molecular weight excluding hydrogens is 306 g/mol. The first kappa shape index (κ1) is 12.7. The summed E-state index contributed by atoms with van der Waals surface area (Å²) in [5.41, 5.74) is 8.69. The number of nitrogens with two attached hydrogens (primary N) is 1. The molecule has 0 spiro atoms. The van der Waals surface area contributed by atoms with E-state index in [1.54, 1.807) is 6.20 Å². The van der Waals surface area contributed by atoms with Crippen LogP contribution < -0.4 is 10.5 Å². The van der Waals surface area contributed by atoms with E-state index in [-0.39, 0.29) is 12.0 Å². The van der Waals surface area contributed by atoms with Crippen LogP contribution in [0.4, 0.5) is 0 Å². The molecular formula is C14H16BrN3O. The molecule has 2 heterocycles. The molecule has 2 unspecified atom stereocenters. The Morgan fingerprint density at radius 1 is 1.53 bits per heavy atom. The predicted molar refractivity (Wildman–Crippen MR) is 77.2 cm³/mol. The van der Waals surface area contributed by atoms with Crippen molar-refractivity contribution in [1.29, 1.82) is 0 Å². The molecule has 0 aliphatic carbocycles. The number of aryl methyl sites for hydroxylation is 1. The molecule has 1 aliphatic heterocycles. The fourth-order valence-electron chi connectivity index (χ4n) is 2.63. The van der Waals surface area contributed by atoms with Gasteiger partial charge in [0.05, 0.1) is 29.0 Å². The average molecular weight is 322 g/mol. The van der Waals surface area contributed by atoms with Crippen molar-refractivity contribution in [2.75, 3.05) is 6.61 Å². The molecule has 0 fully saturated rings. The number of hydrogen-bond acceptors (Lipinski definition) is 3. The van der Waals surface area contributed by atoms with Gasteiger partial charge in [-0.1, -0.05) is 18.2 Å². The highest BCUT2D eigenvalue weighted by Crippen LogP contribution is 2.41. The lowest BCUT2D eigenvalue weighted by atomic mass is 9.92. The molecule has 1 aromatic heterocycles. The third-order valence-corrected chi connectivity index (χ3v) is 4.23. The molecule has 4 nitrogen and oxygen atoms in total. The lowest BCUT2D eigenvalue weighted by Crippen LogP contribution is -2.24. The second kappa shape index (κ2) is 4.98. The number of ether oxygens (including phenoxy) is 1. The van der Waals surface area contributed by atoms with Gasteiger partial charge in [0.2, 0.25) is 0 Å². The zero-order valence-electron chi connectivity index (χ0n) is 10.7. The highest BCUT2D eigenvalue weighted by atomic mass is 79.9. The van der Waals surface area contributed by atoms with Gasteiger partial charge in [0.15, 0.2) is 0 Å². The van der Waals surface area contributed by atoms with E-state index in [2.05, 4.69) is 34.0 Å². The largest absolute Gasteiger partial charge is 0.493 e. The Morgan fingerprint density at radius 3 is 3.11 bits per heavy atom. The fraction of sp³-hybridized carbons (Fsp3) is 0.357. The van der Waals surface area contributed by atoms with Gasteiger partial charge in [-0.2, -0.15) is 5.10 Å². The molecule has 1 aliphatic rings. The van der Waals surface area contributed by atoms with Crippen LogP contribution >= 0.6 is 15.9 Å². The highest BCUT2D eigenvalue weighted by Gasteiger charge is 2.32. The van der Waals surface area contributed by atoms with E-state index in [1.165, 1.54) is 5.56 Å². The minimum atomic E-state index is -0.125. The van der Waals surface area contributed by atoms with E-state index in [9.17, 15) is 0 Å². The van der Waals surface area contributed by atoms with Crippen molar-refractivity contribution in [3.8, 4) is 5.75 Å². The highest BCUT2D eigenvalue weighted by molar-refractivity contribution is 9.10. The topological polar surface area (TPSA) is 53.1 Å². The molecule has 1 aromatic carbocycles. The number of fused-ring (bicyclic) bond motifs is 1. The third kappa shape index (κ3) is 2.07. The van der Waals surface area contributed by atoms with Gasteiger partial charge in [0, 0.05) is 18.0 Å². The molecule has 0 saturated carbocycles. The molecule has 0 radical (unpaired) electrons. The summed E-state index contributed by atoms with van der Waals surface area (Å²) in [6.07, 6.45) is 1.81. The summed E-state index contributed by atoms with van der Waals surface area (Å²) in [4.78, 5) is 0. The maximum atomic E-state index is 6.47. The number of hydrogen-bond donors (Lipinski definition) is 1. The molecule has 0 amide bonds. The fourth-order valence-corrected chi connectivity index (χ4v) is 3.19. The first-order valence-electron chi connectivity index (χ1n) is 6.41. The Balaban J connectivity index is 1.97. The van der Waals surface area contributed by atoms with Crippen molar-refractivity contribution < 1.29 is 4.74 Å². The molecule has 2 atom stereocenters. The molecule has 2 N–H and O–H groups in total. The normalized spacial score (nSPS) is 19.0. The maximum absolute atomic E-state index is 6.47. The van der Waals surface area contributed by atoms with E-state index in [0.29, 0.717) is 6.61 Å². The first-order valence-corrected chi connectivity index (χ1v) is 7.20. The van der Waals surface area contributed by atoms with Crippen LogP contribution in [0.5, 0.6) is 5.75 Å². The van der Waals surface area contributed by atoms with Crippen LogP contribution in [0.25, 0.3) is 0 Å². The summed E-state index contributed by atoms with van der Waals surface area (Å²) in [6, 6.07) is 7.97. The monoisotopic (exact) mass is 321 g/mol. The summed E-state index contributed by atoms with van der Waals surface area (Å²) in [5, 5.41) is 4.33. The number of para-hydroxylation sites is 1. The SMILES string of the molecule is CCn1ncc(Br)c1C(N)C1COc2ccccc21. The predicted octanol–water partition coefficient (Wildman–Crippen LogP) is 2.84. The molecule has 0 bridgehead atoms. The molecule has 0 saturated heterocycles. The van der Waals surface area contributed by atoms with Crippen molar-refractivity contribution in [2.24, 2.45) is 5.73 Å². The van der Waals surface area contributed by atoms with E-state index < -0.39 is 0 Å². The standard InChI is InChI=1S/C14H16BrN3O/c1-2-18-14(11(15)7-17-18)13(16)10-8-19-12-6-4-3-5-9(10)12/h3-7,10,13H,2,8,16H2,1H3. The van der Waals surface area contributed by atoms with Crippen LogP contribution in [0.2, 0.25) is 0 Å². The van der Waals surface area contributed by atoms with Crippen LogP contribution in [-0.4, -0.2) is 16.4 Å². The summed E-state index contributed by atoms with van der Waals surface area (Å²) >= 11 is 3.54. The minimum Gasteiger partial charge on any atom is -0.493 e. The Labute approximate surface area is 120 Å². The van der Waals surface area contributed by atoms with Gasteiger partial charge < -0.3 is 10.5 Å². The van der Waals surface area contributed by atoms with Gasteiger partial charge in [-0.25, -0.2) is 0 Å². The zero-order chi connectivity index (χ0) is 13.4. The quantitative estimate of drug-likeness (QED) is 0.945. The Hall–Kier alpha value is -1.33. The van der Waals surface area contributed by atoms with E-state index >= 15 is 0 Å².